The van der Waals surface area contributed by atoms with Gasteiger partial charge in [0.2, 0.25) is 15.9 Å². The Morgan fingerprint density at radius 3 is 2.23 bits per heavy atom. The predicted molar refractivity (Wildman–Crippen MR) is 114 cm³/mol. The number of amides is 2. The minimum absolute atomic E-state index is 0.0475. The molecule has 0 saturated carbocycles. The first-order valence-electron chi connectivity index (χ1n) is 10.5. The fourth-order valence-electron chi connectivity index (χ4n) is 3.18. The SMILES string of the molecule is CC(C)CCC(=O)N([C@H](CC=C1CCOCC1)C(=O)NO)N(CC(C)C)S(C)(=O)=O. The van der Waals surface area contributed by atoms with E-state index < -0.39 is 27.9 Å². The Hall–Kier alpha value is -1.49. The van der Waals surface area contributed by atoms with E-state index in [2.05, 4.69) is 0 Å². The lowest BCUT2D eigenvalue weighted by Gasteiger charge is -2.38. The molecule has 9 nitrogen and oxygen atoms in total. The van der Waals surface area contributed by atoms with Gasteiger partial charge in [0, 0.05) is 13.0 Å². The van der Waals surface area contributed by atoms with E-state index in [1.165, 1.54) is 0 Å². The zero-order valence-electron chi connectivity index (χ0n) is 18.8. The molecule has 0 unspecified atom stereocenters. The largest absolute Gasteiger partial charge is 0.381 e. The normalized spacial score (nSPS) is 16.1. The van der Waals surface area contributed by atoms with E-state index in [9.17, 15) is 23.2 Å². The van der Waals surface area contributed by atoms with E-state index >= 15 is 0 Å². The maximum Gasteiger partial charge on any atom is 0.268 e. The van der Waals surface area contributed by atoms with E-state index in [0.717, 1.165) is 34.1 Å². The molecule has 2 amide bonds. The molecule has 0 aliphatic carbocycles. The smallest absolute Gasteiger partial charge is 0.268 e. The van der Waals surface area contributed by atoms with Crippen molar-refractivity contribution in [1.82, 2.24) is 14.9 Å². The van der Waals surface area contributed by atoms with Gasteiger partial charge in [0.25, 0.3) is 5.91 Å². The number of ether oxygens (including phenoxy) is 1. The van der Waals surface area contributed by atoms with Crippen molar-refractivity contribution in [3.8, 4) is 0 Å². The molecule has 10 heteroatoms. The minimum atomic E-state index is -3.84. The van der Waals surface area contributed by atoms with Gasteiger partial charge in [-0.25, -0.2) is 18.9 Å². The number of hydrazine groups is 1. The maximum atomic E-state index is 13.1. The van der Waals surface area contributed by atoms with Crippen molar-refractivity contribution in [1.29, 1.82) is 0 Å². The first-order valence-corrected chi connectivity index (χ1v) is 12.3. The molecule has 30 heavy (non-hydrogen) atoms. The number of rotatable bonds is 11. The van der Waals surface area contributed by atoms with Gasteiger partial charge >= 0.3 is 0 Å². The van der Waals surface area contributed by atoms with E-state index in [1.54, 1.807) is 5.48 Å². The minimum Gasteiger partial charge on any atom is -0.381 e. The number of hydrogen-bond acceptors (Lipinski definition) is 6. The van der Waals surface area contributed by atoms with Gasteiger partial charge in [-0.3, -0.25) is 14.8 Å². The summed E-state index contributed by atoms with van der Waals surface area (Å²) in [6.45, 7) is 8.82. The highest BCUT2D eigenvalue weighted by Crippen LogP contribution is 2.21. The molecule has 0 radical (unpaired) electrons. The second kappa shape index (κ2) is 12.4. The van der Waals surface area contributed by atoms with Crippen molar-refractivity contribution in [2.75, 3.05) is 26.0 Å². The summed E-state index contributed by atoms with van der Waals surface area (Å²) in [5, 5.41) is 10.3. The summed E-state index contributed by atoms with van der Waals surface area (Å²) in [6.07, 6.45) is 5.05. The second-order valence-electron chi connectivity index (χ2n) is 8.53. The maximum absolute atomic E-state index is 13.1. The topological polar surface area (TPSA) is 116 Å². The molecule has 0 aromatic carbocycles. The highest BCUT2D eigenvalue weighted by atomic mass is 32.2. The molecular formula is C20H37N3O6S. The van der Waals surface area contributed by atoms with Crippen LogP contribution < -0.4 is 5.48 Å². The summed E-state index contributed by atoms with van der Waals surface area (Å²) >= 11 is 0. The van der Waals surface area contributed by atoms with Crippen LogP contribution in [-0.2, 0) is 24.3 Å². The van der Waals surface area contributed by atoms with Crippen molar-refractivity contribution in [3.05, 3.63) is 11.6 Å². The lowest BCUT2D eigenvalue weighted by Crippen LogP contribution is -2.59. The molecule has 0 aromatic rings. The third kappa shape index (κ3) is 8.71. The first-order chi connectivity index (χ1) is 14.0. The fourth-order valence-corrected chi connectivity index (χ4v) is 4.28. The average molecular weight is 448 g/mol. The van der Waals surface area contributed by atoms with E-state index in [-0.39, 0.29) is 31.2 Å². The van der Waals surface area contributed by atoms with Gasteiger partial charge in [0.05, 0.1) is 19.5 Å². The van der Waals surface area contributed by atoms with Gasteiger partial charge in [0.1, 0.15) is 6.04 Å². The van der Waals surface area contributed by atoms with Crippen molar-refractivity contribution in [2.45, 2.75) is 65.8 Å². The lowest BCUT2D eigenvalue weighted by molar-refractivity contribution is -0.156. The molecule has 0 spiro atoms. The van der Waals surface area contributed by atoms with E-state index in [1.807, 2.05) is 33.8 Å². The summed E-state index contributed by atoms with van der Waals surface area (Å²) in [6, 6.07) is -1.18. The Bertz CT molecular complexity index is 697. The number of hydroxylamine groups is 1. The Morgan fingerprint density at radius 2 is 1.77 bits per heavy atom. The molecule has 1 fully saturated rings. The Balaban J connectivity index is 3.34. The molecule has 1 saturated heterocycles. The van der Waals surface area contributed by atoms with E-state index in [0.29, 0.717) is 19.6 Å². The highest BCUT2D eigenvalue weighted by Gasteiger charge is 2.38. The molecule has 1 rings (SSSR count). The molecule has 1 aliphatic rings. The van der Waals surface area contributed by atoms with Gasteiger partial charge in [-0.1, -0.05) is 39.3 Å². The van der Waals surface area contributed by atoms with Gasteiger partial charge in [0.15, 0.2) is 0 Å². The fraction of sp³-hybridized carbons (Fsp3) is 0.800. The summed E-state index contributed by atoms with van der Waals surface area (Å²) in [7, 11) is -3.84. The monoisotopic (exact) mass is 447 g/mol. The Kier molecular flexibility index (Phi) is 11.0. The van der Waals surface area contributed by atoms with Crippen LogP contribution in [0.25, 0.3) is 0 Å². The van der Waals surface area contributed by atoms with E-state index in [4.69, 9.17) is 4.74 Å². The lowest BCUT2D eigenvalue weighted by atomic mass is 10.0. The van der Waals surface area contributed by atoms with Crippen LogP contribution in [0.5, 0.6) is 0 Å². The van der Waals surface area contributed by atoms with Crippen LogP contribution in [0.15, 0.2) is 11.6 Å². The Labute approximate surface area is 180 Å². The molecule has 2 N–H and O–H groups in total. The van der Waals surface area contributed by atoms with Crippen LogP contribution >= 0.6 is 0 Å². The van der Waals surface area contributed by atoms with Crippen molar-refractivity contribution in [3.63, 3.8) is 0 Å². The number of carbonyl (C=O) groups is 2. The zero-order chi connectivity index (χ0) is 22.9. The molecule has 1 heterocycles. The van der Waals surface area contributed by atoms with Crippen LogP contribution in [0.2, 0.25) is 0 Å². The van der Waals surface area contributed by atoms with Crippen molar-refractivity contribution < 1.29 is 28.0 Å². The molecule has 1 aliphatic heterocycles. The number of carbonyl (C=O) groups excluding carboxylic acids is 2. The van der Waals surface area contributed by atoms with Gasteiger partial charge in [-0.2, -0.15) is 0 Å². The molecule has 0 aromatic heterocycles. The molecule has 1 atom stereocenters. The number of sulfonamides is 1. The zero-order valence-corrected chi connectivity index (χ0v) is 19.6. The average Bonchev–Trinajstić information content (AvgIpc) is 2.67. The standard InChI is InChI=1S/C20H37N3O6S/c1-15(2)6-9-19(24)23(22(14-16(3)4)30(5,27)28)18(20(25)21-26)8-7-17-10-12-29-13-11-17/h7,15-16,18,26H,6,8-14H2,1-5H3,(H,21,25)/t18-/m1/s1. The van der Waals surface area contributed by atoms with Gasteiger partial charge < -0.3 is 4.74 Å². The predicted octanol–water partition coefficient (Wildman–Crippen LogP) is 2.08. The summed E-state index contributed by atoms with van der Waals surface area (Å²) in [4.78, 5) is 25.7. The summed E-state index contributed by atoms with van der Waals surface area (Å²) in [5.74, 6) is -1.13. The quantitative estimate of drug-likeness (QED) is 0.285. The van der Waals surface area contributed by atoms with Gasteiger partial charge in [-0.15, -0.1) is 4.41 Å². The number of nitrogens with zero attached hydrogens (tertiary/aromatic N) is 2. The van der Waals surface area contributed by atoms with Crippen LogP contribution in [0.3, 0.4) is 0 Å². The second-order valence-corrected chi connectivity index (χ2v) is 10.4. The third-order valence-corrected chi connectivity index (χ3v) is 5.90. The van der Waals surface area contributed by atoms with Crippen LogP contribution in [0.4, 0.5) is 0 Å². The van der Waals surface area contributed by atoms with Crippen molar-refractivity contribution in [2.24, 2.45) is 11.8 Å². The van der Waals surface area contributed by atoms with Crippen LogP contribution in [-0.4, -0.2) is 66.9 Å². The van der Waals surface area contributed by atoms with Gasteiger partial charge in [-0.05, 0) is 37.5 Å². The molecule has 174 valence electrons. The van der Waals surface area contributed by atoms with Crippen LogP contribution in [0.1, 0.15) is 59.8 Å². The van der Waals surface area contributed by atoms with Crippen LogP contribution in [0, 0.1) is 11.8 Å². The molecule has 0 bridgehead atoms. The highest BCUT2D eigenvalue weighted by molar-refractivity contribution is 7.88. The van der Waals surface area contributed by atoms with Crippen molar-refractivity contribution >= 4 is 21.8 Å². The Morgan fingerprint density at radius 1 is 1.17 bits per heavy atom. The summed E-state index contributed by atoms with van der Waals surface area (Å²) in [5.41, 5.74) is 2.69. The number of nitrogens with one attached hydrogen (secondary N) is 1. The third-order valence-electron chi connectivity index (χ3n) is 4.81. The summed E-state index contributed by atoms with van der Waals surface area (Å²) < 4.78 is 31.5. The first kappa shape index (κ1) is 26.5. The number of hydrogen-bond donors (Lipinski definition) is 2. The molecular weight excluding hydrogens is 410 g/mol.